The molecule has 17 heteroatoms. The van der Waals surface area contributed by atoms with E-state index in [0.717, 1.165) is 10.1 Å². The molecule has 0 spiro atoms. The minimum Gasteiger partial charge on any atom is -0.460 e. The zero-order chi connectivity index (χ0) is 31.2. The molecule has 2 aromatic carbocycles. The zero-order valence-corrected chi connectivity index (χ0v) is 26.0. The van der Waals surface area contributed by atoms with E-state index in [2.05, 4.69) is 20.1 Å². The van der Waals surface area contributed by atoms with Gasteiger partial charge < -0.3 is 19.1 Å². The summed E-state index contributed by atoms with van der Waals surface area (Å²) in [5, 5.41) is 17.3. The monoisotopic (exact) mass is 726 g/mol. The zero-order valence-electron chi connectivity index (χ0n) is 22.9. The van der Waals surface area contributed by atoms with Gasteiger partial charge in [-0.25, -0.2) is 9.36 Å². The van der Waals surface area contributed by atoms with E-state index in [-0.39, 0.29) is 15.9 Å². The molecule has 6 atom stereocenters. The maximum Gasteiger partial charge on any atom is 0.459 e. The van der Waals surface area contributed by atoms with Crippen molar-refractivity contribution in [1.29, 1.82) is 0 Å². The molecule has 1 saturated heterocycles. The van der Waals surface area contributed by atoms with E-state index in [4.69, 9.17) is 18.5 Å². The number of azide groups is 1. The molecule has 43 heavy (non-hydrogen) atoms. The normalized spacial score (nSPS) is 23.5. The molecule has 1 aliphatic heterocycles. The maximum absolute atomic E-state index is 14.0. The molecular weight excluding hydrogens is 698 g/mol. The van der Waals surface area contributed by atoms with Crippen molar-refractivity contribution in [3.8, 4) is 5.75 Å². The van der Waals surface area contributed by atoms with E-state index in [1.54, 1.807) is 65.1 Å². The molecule has 4 rings (SSSR count). The third kappa shape index (κ3) is 7.72. The van der Waals surface area contributed by atoms with Gasteiger partial charge in [0.25, 0.3) is 5.56 Å². The highest BCUT2D eigenvalue weighted by Crippen LogP contribution is 2.49. The van der Waals surface area contributed by atoms with Crippen LogP contribution in [-0.2, 0) is 30.0 Å². The molecule has 1 unspecified atom stereocenters. The van der Waals surface area contributed by atoms with Crippen LogP contribution in [0.2, 0.25) is 0 Å². The van der Waals surface area contributed by atoms with Gasteiger partial charge in [0.15, 0.2) is 5.72 Å². The topological polar surface area (TPSA) is 207 Å². The molecule has 0 aliphatic carbocycles. The quantitative estimate of drug-likeness (QED) is 0.0617. The molecule has 1 aromatic heterocycles. The summed E-state index contributed by atoms with van der Waals surface area (Å²) in [6.07, 6.45) is -1.55. The number of rotatable bonds is 12. The number of nitrogens with zero attached hydrogens (tertiary/aromatic N) is 4. The highest BCUT2D eigenvalue weighted by atomic mass is 127. The summed E-state index contributed by atoms with van der Waals surface area (Å²) >= 11 is 1.73. The number of para-hydroxylation sites is 1. The van der Waals surface area contributed by atoms with Crippen LogP contribution < -0.4 is 20.9 Å². The molecule has 0 radical (unpaired) electrons. The smallest absolute Gasteiger partial charge is 0.459 e. The molecule has 228 valence electrons. The van der Waals surface area contributed by atoms with Crippen LogP contribution in [0.15, 0.2) is 81.6 Å². The fourth-order valence-corrected chi connectivity index (χ4v) is 6.20. The van der Waals surface area contributed by atoms with E-state index >= 15 is 0 Å². The van der Waals surface area contributed by atoms with Crippen LogP contribution in [0, 0.1) is 9.49 Å². The standard InChI is InChI=1S/C26H28IN6O9P/c1-16-21(34)26(31-32-28,41-23(16)33-13-20(27)22(35)29-25(33)37)15-40-43(38,42-19-11-7-4-8-12-19)30-17(2)24(36)39-14-18-9-5-3-6-10-18/h3-13,16-17,21,23,34H,14-15H2,1-2H3,(H,30,38)(H,29,35,37)/t16-,17-,21-,23+,26+,43?/m1/s1. The Kier molecular flexibility index (Phi) is 10.4. The predicted octanol–water partition coefficient (Wildman–Crippen LogP) is 3.60. The second-order valence-electron chi connectivity index (χ2n) is 9.61. The Balaban J connectivity index is 1.57. The average Bonchev–Trinajstić information content (AvgIpc) is 3.23. The van der Waals surface area contributed by atoms with Gasteiger partial charge in [-0.3, -0.25) is 23.7 Å². The Hall–Kier alpha value is -3.50. The first-order valence-corrected chi connectivity index (χ1v) is 15.5. The maximum atomic E-state index is 14.0. The van der Waals surface area contributed by atoms with E-state index < -0.39 is 61.6 Å². The van der Waals surface area contributed by atoms with Crippen molar-refractivity contribution in [2.24, 2.45) is 11.0 Å². The highest BCUT2D eigenvalue weighted by molar-refractivity contribution is 14.1. The summed E-state index contributed by atoms with van der Waals surface area (Å²) in [7, 11) is -4.47. The Labute approximate surface area is 258 Å². The van der Waals surface area contributed by atoms with Crippen LogP contribution in [0.25, 0.3) is 10.4 Å². The number of esters is 1. The van der Waals surface area contributed by atoms with Crippen LogP contribution in [0.1, 0.15) is 25.6 Å². The Morgan fingerprint density at radius 2 is 1.91 bits per heavy atom. The fraction of sp³-hybridized carbons (Fsp3) is 0.346. The number of nitrogens with one attached hydrogen (secondary N) is 2. The number of aliphatic hydroxyl groups is 1. The number of aliphatic hydroxyl groups excluding tert-OH is 1. The molecule has 3 N–H and O–H groups in total. The Bertz CT molecular complexity index is 1650. The van der Waals surface area contributed by atoms with E-state index in [0.29, 0.717) is 0 Å². The number of benzene rings is 2. The molecule has 0 bridgehead atoms. The minimum absolute atomic E-state index is 0.0290. The van der Waals surface area contributed by atoms with Crippen LogP contribution in [0.3, 0.4) is 0 Å². The van der Waals surface area contributed by atoms with Crippen molar-refractivity contribution < 1.29 is 33.0 Å². The second kappa shape index (κ2) is 13.9. The number of aromatic nitrogens is 2. The summed E-state index contributed by atoms with van der Waals surface area (Å²) in [6, 6.07) is 15.7. The molecule has 15 nitrogen and oxygen atoms in total. The average molecular weight is 726 g/mol. The summed E-state index contributed by atoms with van der Waals surface area (Å²) < 4.78 is 37.7. The lowest BCUT2D eigenvalue weighted by Crippen LogP contribution is -2.44. The first-order valence-electron chi connectivity index (χ1n) is 12.9. The summed E-state index contributed by atoms with van der Waals surface area (Å²) in [5.41, 5.74) is 6.46. The number of aromatic amines is 1. The molecule has 0 saturated carbocycles. The molecular formula is C26H28IN6O9P. The van der Waals surface area contributed by atoms with Gasteiger partial charge in [-0.05, 0) is 52.7 Å². The van der Waals surface area contributed by atoms with Crippen LogP contribution >= 0.6 is 30.3 Å². The van der Waals surface area contributed by atoms with Gasteiger partial charge in [0, 0.05) is 17.0 Å². The number of carbonyl (C=O) groups excluding carboxylic acids is 1. The third-order valence-electron chi connectivity index (χ3n) is 6.49. The van der Waals surface area contributed by atoms with Crippen LogP contribution in [0.4, 0.5) is 0 Å². The van der Waals surface area contributed by atoms with Gasteiger partial charge in [0.05, 0.1) is 16.3 Å². The van der Waals surface area contributed by atoms with Crippen molar-refractivity contribution in [2.45, 2.75) is 44.6 Å². The lowest BCUT2D eigenvalue weighted by molar-refractivity contribution is -0.146. The van der Waals surface area contributed by atoms with Crippen LogP contribution in [0.5, 0.6) is 5.75 Å². The highest BCUT2D eigenvalue weighted by Gasteiger charge is 2.55. The number of carbonyl (C=O) groups is 1. The van der Waals surface area contributed by atoms with E-state index in [1.165, 1.54) is 32.2 Å². The number of halogens is 1. The first-order chi connectivity index (χ1) is 20.5. The second-order valence-corrected chi connectivity index (χ2v) is 12.5. The van der Waals surface area contributed by atoms with E-state index in [9.17, 15) is 29.6 Å². The van der Waals surface area contributed by atoms with Gasteiger partial charge >= 0.3 is 19.4 Å². The number of ether oxygens (including phenoxy) is 2. The van der Waals surface area contributed by atoms with Gasteiger partial charge in [-0.1, -0.05) is 60.6 Å². The summed E-state index contributed by atoms with van der Waals surface area (Å²) in [4.78, 5) is 42.1. The SMILES string of the molecule is C[C@@H]1[C@@H](O)[C@@](COP(=O)(N[C@H](C)C(=O)OCc2ccccc2)Oc2ccccc2)(N=[N+]=[N-])O[C@@H]1n1cc(I)c(=O)[nH]c1=O. The number of hydrogen-bond acceptors (Lipinski definition) is 10. The van der Waals surface area contributed by atoms with Crippen molar-refractivity contribution in [3.05, 3.63) is 107 Å². The molecule has 0 amide bonds. The van der Waals surface area contributed by atoms with Crippen molar-refractivity contribution in [2.75, 3.05) is 6.61 Å². The lowest BCUT2D eigenvalue weighted by atomic mass is 9.98. The third-order valence-corrected chi connectivity index (χ3v) is 8.88. The summed E-state index contributed by atoms with van der Waals surface area (Å²) in [5.74, 6) is -1.51. The fourth-order valence-electron chi connectivity index (χ4n) is 4.25. The van der Waals surface area contributed by atoms with Crippen LogP contribution in [-0.4, -0.2) is 45.1 Å². The lowest BCUT2D eigenvalue weighted by Gasteiger charge is -2.30. The molecule has 3 aromatic rings. The predicted molar refractivity (Wildman–Crippen MR) is 161 cm³/mol. The van der Waals surface area contributed by atoms with Crippen molar-refractivity contribution in [3.63, 3.8) is 0 Å². The number of H-pyrrole nitrogens is 1. The largest absolute Gasteiger partial charge is 0.460 e. The van der Waals surface area contributed by atoms with Gasteiger partial charge in [-0.2, -0.15) is 5.09 Å². The van der Waals surface area contributed by atoms with Gasteiger partial charge in [0.1, 0.15) is 24.6 Å². The van der Waals surface area contributed by atoms with Crippen molar-refractivity contribution >= 4 is 36.3 Å². The van der Waals surface area contributed by atoms with E-state index in [1.807, 2.05) is 6.07 Å². The van der Waals surface area contributed by atoms with Gasteiger partial charge in [-0.15, -0.1) is 0 Å². The molecule has 1 aliphatic rings. The Morgan fingerprint density at radius 3 is 2.56 bits per heavy atom. The summed E-state index contributed by atoms with van der Waals surface area (Å²) in [6.45, 7) is 2.07. The minimum atomic E-state index is -4.47. The Morgan fingerprint density at radius 1 is 1.26 bits per heavy atom. The first kappa shape index (κ1) is 32.4. The molecule has 1 fully saturated rings. The number of hydrogen-bond donors (Lipinski definition) is 3. The molecule has 2 heterocycles. The van der Waals surface area contributed by atoms with Gasteiger partial charge in [0.2, 0.25) is 0 Å². The van der Waals surface area contributed by atoms with Crippen molar-refractivity contribution in [1.82, 2.24) is 14.6 Å².